The van der Waals surface area contributed by atoms with Crippen molar-refractivity contribution in [2.45, 2.75) is 64.5 Å². The molecule has 0 aromatic heterocycles. The average Bonchev–Trinajstić information content (AvgIpc) is 2.93. The third-order valence-corrected chi connectivity index (χ3v) is 6.25. The van der Waals surface area contributed by atoms with Gasteiger partial charge in [-0.05, 0) is 80.8 Å². The molecule has 0 aliphatic rings. The Morgan fingerprint density at radius 3 is 1.97 bits per heavy atom. The first-order valence-electron chi connectivity index (χ1n) is 13.7. The molecule has 39 heavy (non-hydrogen) atoms. The lowest BCUT2D eigenvalue weighted by Crippen LogP contribution is -2.51. The van der Waals surface area contributed by atoms with Crippen LogP contribution in [-0.4, -0.2) is 57.0 Å². The van der Waals surface area contributed by atoms with Gasteiger partial charge in [-0.1, -0.05) is 26.7 Å². The zero-order valence-electron chi connectivity index (χ0n) is 23.6. The number of unbranched alkanes of at least 4 members (excludes halogenated alkanes) is 2. The number of nitrogens with one attached hydrogen (secondary N) is 3. The van der Waals surface area contributed by atoms with Crippen LogP contribution in [0.25, 0.3) is 0 Å². The summed E-state index contributed by atoms with van der Waals surface area (Å²) >= 11 is 0. The number of benzene rings is 2. The van der Waals surface area contributed by atoms with Gasteiger partial charge in [-0.25, -0.2) is 0 Å². The van der Waals surface area contributed by atoms with Crippen LogP contribution >= 0.6 is 0 Å². The fourth-order valence-electron chi connectivity index (χ4n) is 3.93. The molecule has 0 aliphatic carbocycles. The summed E-state index contributed by atoms with van der Waals surface area (Å²) in [5, 5.41) is 17.4. The summed E-state index contributed by atoms with van der Waals surface area (Å²) in [7, 11) is 3.96. The molecular formula is C29H43N7O3. The minimum Gasteiger partial charge on any atom is -0.378 e. The number of azo groups is 1. The quantitative estimate of drug-likeness (QED) is 0.177. The maximum Gasteiger partial charge on any atom is 0.251 e. The predicted molar refractivity (Wildman–Crippen MR) is 156 cm³/mol. The molecule has 2 aromatic rings. The van der Waals surface area contributed by atoms with Crippen LogP contribution in [0.3, 0.4) is 0 Å². The lowest BCUT2D eigenvalue weighted by molar-refractivity contribution is -0.128. The van der Waals surface area contributed by atoms with E-state index in [-0.39, 0.29) is 11.8 Å². The van der Waals surface area contributed by atoms with Crippen molar-refractivity contribution in [3.8, 4) is 0 Å². The third kappa shape index (κ3) is 11.2. The van der Waals surface area contributed by atoms with Crippen molar-refractivity contribution in [1.29, 1.82) is 0 Å². The van der Waals surface area contributed by atoms with Crippen molar-refractivity contribution in [2.24, 2.45) is 16.0 Å². The number of hydrogen-bond acceptors (Lipinski definition) is 7. The number of nitrogens with two attached hydrogens (primary N) is 1. The molecule has 3 amide bonds. The van der Waals surface area contributed by atoms with E-state index < -0.39 is 18.0 Å². The minimum absolute atomic E-state index is 0.168. The summed E-state index contributed by atoms with van der Waals surface area (Å²) in [6.07, 6.45) is 4.32. The van der Waals surface area contributed by atoms with Gasteiger partial charge in [0.25, 0.3) is 5.91 Å². The molecule has 0 spiro atoms. The van der Waals surface area contributed by atoms with Crippen molar-refractivity contribution in [1.82, 2.24) is 16.0 Å². The second-order valence-electron chi connectivity index (χ2n) is 9.63. The van der Waals surface area contributed by atoms with Gasteiger partial charge in [-0.15, -0.1) is 0 Å². The molecule has 10 nitrogen and oxygen atoms in total. The van der Waals surface area contributed by atoms with Crippen LogP contribution in [0.5, 0.6) is 0 Å². The second-order valence-corrected chi connectivity index (χ2v) is 9.63. The van der Waals surface area contributed by atoms with Gasteiger partial charge in [0.2, 0.25) is 11.8 Å². The van der Waals surface area contributed by atoms with Crippen molar-refractivity contribution in [2.75, 3.05) is 32.1 Å². The van der Waals surface area contributed by atoms with Crippen LogP contribution in [0.2, 0.25) is 0 Å². The van der Waals surface area contributed by atoms with Gasteiger partial charge in [0.05, 0.1) is 17.4 Å². The molecule has 0 radical (unpaired) electrons. The van der Waals surface area contributed by atoms with Crippen LogP contribution in [0.15, 0.2) is 58.8 Å². The van der Waals surface area contributed by atoms with Gasteiger partial charge < -0.3 is 26.6 Å². The van der Waals surface area contributed by atoms with E-state index in [9.17, 15) is 14.4 Å². The normalized spacial score (nSPS) is 12.6. The largest absolute Gasteiger partial charge is 0.378 e. The van der Waals surface area contributed by atoms with E-state index in [0.717, 1.165) is 37.1 Å². The van der Waals surface area contributed by atoms with Crippen molar-refractivity contribution in [3.63, 3.8) is 0 Å². The highest BCUT2D eigenvalue weighted by Crippen LogP contribution is 2.21. The Morgan fingerprint density at radius 1 is 0.846 bits per heavy atom. The highest BCUT2D eigenvalue weighted by atomic mass is 16.2. The summed E-state index contributed by atoms with van der Waals surface area (Å²) < 4.78 is 0. The number of rotatable bonds is 17. The van der Waals surface area contributed by atoms with E-state index >= 15 is 0 Å². The Hall–Kier alpha value is -3.79. The summed E-state index contributed by atoms with van der Waals surface area (Å²) in [4.78, 5) is 38.9. The molecule has 5 N–H and O–H groups in total. The van der Waals surface area contributed by atoms with Crippen molar-refractivity contribution >= 4 is 34.8 Å². The highest BCUT2D eigenvalue weighted by Gasteiger charge is 2.23. The molecule has 212 valence electrons. The molecule has 10 heteroatoms. The molecule has 0 heterocycles. The molecule has 0 fully saturated rings. The van der Waals surface area contributed by atoms with Crippen LogP contribution < -0.4 is 26.6 Å². The van der Waals surface area contributed by atoms with Crippen LogP contribution in [-0.2, 0) is 9.59 Å². The predicted octanol–water partition coefficient (Wildman–Crippen LogP) is 4.21. The number of amides is 3. The molecule has 0 aliphatic heterocycles. The monoisotopic (exact) mass is 537 g/mol. The van der Waals surface area contributed by atoms with E-state index in [4.69, 9.17) is 5.73 Å². The second kappa shape index (κ2) is 16.9. The van der Waals surface area contributed by atoms with Crippen molar-refractivity contribution in [3.05, 3.63) is 54.1 Å². The van der Waals surface area contributed by atoms with Gasteiger partial charge in [0.1, 0.15) is 6.04 Å². The third-order valence-electron chi connectivity index (χ3n) is 6.25. The van der Waals surface area contributed by atoms with Gasteiger partial charge in [-0.3, -0.25) is 14.4 Å². The van der Waals surface area contributed by atoms with E-state index in [0.29, 0.717) is 37.2 Å². The first-order valence-corrected chi connectivity index (χ1v) is 13.7. The Kier molecular flexibility index (Phi) is 13.6. The van der Waals surface area contributed by atoms with E-state index in [2.05, 4.69) is 26.2 Å². The molecule has 0 saturated carbocycles. The number of nitrogens with zero attached hydrogens (tertiary/aromatic N) is 3. The van der Waals surface area contributed by atoms with Crippen LogP contribution in [0, 0.1) is 0 Å². The summed E-state index contributed by atoms with van der Waals surface area (Å²) in [6, 6.07) is 13.6. The number of primary amides is 1. The molecule has 2 rings (SSSR count). The zero-order chi connectivity index (χ0) is 28.6. The number of anilines is 1. The van der Waals surface area contributed by atoms with Gasteiger partial charge in [0, 0.05) is 31.9 Å². The highest BCUT2D eigenvalue weighted by molar-refractivity contribution is 5.94. The van der Waals surface area contributed by atoms with Gasteiger partial charge in [-0.2, -0.15) is 10.2 Å². The lowest BCUT2D eigenvalue weighted by atomic mass is 10.1. The molecule has 2 atom stereocenters. The van der Waals surface area contributed by atoms with Gasteiger partial charge >= 0.3 is 0 Å². The Morgan fingerprint density at radius 2 is 1.44 bits per heavy atom. The standard InChI is InChI=1S/C29H43N7O3/c1-5-7-10-25(27(30)37)33-29(39)26(31-6-2)11-8-9-20-32-28(38)21-12-14-22(15-13-21)34-35-23-16-18-24(19-17-23)36(3)4/h12-19,25-26,31H,5-11,20H2,1-4H3,(H2,30,37)(H,32,38)(H,33,39)/b35-34+/t25-,26+/m0/s1. The Balaban J connectivity index is 1.77. The number of carbonyl (C=O) groups is 3. The fourth-order valence-corrected chi connectivity index (χ4v) is 3.93. The maximum absolute atomic E-state index is 12.7. The first kappa shape index (κ1) is 31.4. The fraction of sp³-hybridized carbons (Fsp3) is 0.483. The summed E-state index contributed by atoms with van der Waals surface area (Å²) in [6.45, 7) is 5.07. The van der Waals surface area contributed by atoms with Crippen LogP contribution in [0.1, 0.15) is 62.7 Å². The average molecular weight is 538 g/mol. The minimum atomic E-state index is -0.652. The Labute approximate surface area is 231 Å². The molecular weight excluding hydrogens is 494 g/mol. The number of hydrogen-bond donors (Lipinski definition) is 4. The molecule has 2 aromatic carbocycles. The van der Waals surface area contributed by atoms with E-state index in [1.165, 1.54) is 0 Å². The molecule has 0 saturated heterocycles. The number of likely N-dealkylation sites (N-methyl/N-ethyl adjacent to an activating group) is 1. The first-order chi connectivity index (χ1) is 18.7. The summed E-state index contributed by atoms with van der Waals surface area (Å²) in [5.41, 5.74) is 8.48. The molecule has 0 bridgehead atoms. The lowest BCUT2D eigenvalue weighted by Gasteiger charge is -2.21. The SMILES string of the molecule is CCCC[C@H](NC(=O)[C@@H](CCCCNC(=O)c1ccc(/N=N/c2ccc(N(C)C)cc2)cc1)NCC)C(N)=O. The van der Waals surface area contributed by atoms with E-state index in [1.54, 1.807) is 24.3 Å². The van der Waals surface area contributed by atoms with Crippen molar-refractivity contribution < 1.29 is 14.4 Å². The zero-order valence-corrected chi connectivity index (χ0v) is 23.6. The van der Waals surface area contributed by atoms with Crippen LogP contribution in [0.4, 0.5) is 17.1 Å². The Bertz CT molecular complexity index is 1070. The summed E-state index contributed by atoms with van der Waals surface area (Å²) in [5.74, 6) is -0.900. The molecule has 0 unspecified atom stereocenters. The van der Waals surface area contributed by atoms with Gasteiger partial charge in [0.15, 0.2) is 0 Å². The smallest absolute Gasteiger partial charge is 0.251 e. The van der Waals surface area contributed by atoms with E-state index in [1.807, 2.05) is 57.1 Å². The topological polar surface area (TPSA) is 141 Å². The number of carbonyl (C=O) groups excluding carboxylic acids is 3. The maximum atomic E-state index is 12.7.